The average Bonchev–Trinajstić information content (AvgIpc) is 2.74. The number of hydrogen-bond donors (Lipinski definition) is 1. The maximum absolute atomic E-state index is 5.64. The maximum Gasteiger partial charge on any atom is 0.219 e. The van der Waals surface area contributed by atoms with Crippen LogP contribution in [0.15, 0.2) is 54.9 Å². The van der Waals surface area contributed by atoms with E-state index in [4.69, 9.17) is 15.5 Å². The molecule has 3 heterocycles. The van der Waals surface area contributed by atoms with Crippen molar-refractivity contribution in [3.8, 4) is 11.3 Å². The van der Waals surface area contributed by atoms with Gasteiger partial charge in [0.15, 0.2) is 0 Å². The zero-order valence-corrected chi connectivity index (χ0v) is 15.4. The second-order valence-corrected chi connectivity index (χ2v) is 6.71. The zero-order valence-electron chi connectivity index (χ0n) is 15.4. The molecule has 27 heavy (non-hydrogen) atoms. The van der Waals surface area contributed by atoms with Crippen molar-refractivity contribution < 1.29 is 4.74 Å². The van der Waals surface area contributed by atoms with Gasteiger partial charge in [0.1, 0.15) is 5.82 Å². The highest BCUT2D eigenvalue weighted by molar-refractivity contribution is 5.62. The summed E-state index contributed by atoms with van der Waals surface area (Å²) in [5.41, 5.74) is 9.85. The SMILES string of the molecule is CC(c1ccccc1)c1cc(-c2cnc(N)nc2)nc(N2CCOCC2)c1. The summed E-state index contributed by atoms with van der Waals surface area (Å²) in [5.74, 6) is 1.48. The molecule has 4 rings (SSSR count). The number of hydrogen-bond acceptors (Lipinski definition) is 6. The number of rotatable bonds is 4. The van der Waals surface area contributed by atoms with Gasteiger partial charge in [-0.2, -0.15) is 0 Å². The van der Waals surface area contributed by atoms with Crippen molar-refractivity contribution in [2.45, 2.75) is 12.8 Å². The predicted molar refractivity (Wildman–Crippen MR) is 107 cm³/mol. The number of nitrogen functional groups attached to an aromatic ring is 1. The first-order valence-corrected chi connectivity index (χ1v) is 9.18. The largest absolute Gasteiger partial charge is 0.378 e. The van der Waals surface area contributed by atoms with Gasteiger partial charge in [-0.1, -0.05) is 37.3 Å². The molecule has 1 aliphatic rings. The van der Waals surface area contributed by atoms with Crippen LogP contribution in [-0.4, -0.2) is 41.3 Å². The standard InChI is InChI=1S/C21H23N5O/c1-15(16-5-3-2-4-6-16)17-11-19(18-13-23-21(22)24-14-18)25-20(12-17)26-7-9-27-10-8-26/h2-6,11-15H,7-10H2,1H3,(H2,22,23,24). The van der Waals surface area contributed by atoms with Crippen LogP contribution in [0.1, 0.15) is 24.0 Å². The molecule has 3 aromatic rings. The molecule has 1 unspecified atom stereocenters. The van der Waals surface area contributed by atoms with Crippen molar-refractivity contribution in [1.82, 2.24) is 15.0 Å². The van der Waals surface area contributed by atoms with Gasteiger partial charge in [-0.25, -0.2) is 15.0 Å². The fourth-order valence-electron chi connectivity index (χ4n) is 3.29. The molecule has 138 valence electrons. The molecule has 1 saturated heterocycles. The topological polar surface area (TPSA) is 77.2 Å². The lowest BCUT2D eigenvalue weighted by molar-refractivity contribution is 0.122. The van der Waals surface area contributed by atoms with Crippen LogP contribution in [0.2, 0.25) is 0 Å². The Balaban J connectivity index is 1.77. The van der Waals surface area contributed by atoms with E-state index < -0.39 is 0 Å². The van der Waals surface area contributed by atoms with Gasteiger partial charge in [0.2, 0.25) is 5.95 Å². The van der Waals surface area contributed by atoms with Crippen molar-refractivity contribution >= 4 is 11.8 Å². The molecule has 0 amide bonds. The van der Waals surface area contributed by atoms with Gasteiger partial charge < -0.3 is 15.4 Å². The molecule has 2 aromatic heterocycles. The minimum atomic E-state index is 0.252. The molecule has 1 aliphatic heterocycles. The zero-order chi connectivity index (χ0) is 18.6. The van der Waals surface area contributed by atoms with Gasteiger partial charge in [0, 0.05) is 37.0 Å². The Hall–Kier alpha value is -2.99. The highest BCUT2D eigenvalue weighted by Gasteiger charge is 2.18. The Morgan fingerprint density at radius 3 is 2.41 bits per heavy atom. The summed E-state index contributed by atoms with van der Waals surface area (Å²) in [6, 6.07) is 14.8. The third-order valence-corrected chi connectivity index (χ3v) is 4.94. The number of aromatic nitrogens is 3. The van der Waals surface area contributed by atoms with Crippen LogP contribution in [0.5, 0.6) is 0 Å². The summed E-state index contributed by atoms with van der Waals surface area (Å²) in [6.07, 6.45) is 3.45. The lowest BCUT2D eigenvalue weighted by atomic mass is 9.92. The third kappa shape index (κ3) is 3.90. The van der Waals surface area contributed by atoms with E-state index in [0.717, 1.165) is 43.4 Å². The first-order valence-electron chi connectivity index (χ1n) is 9.18. The van der Waals surface area contributed by atoms with Gasteiger partial charge in [-0.3, -0.25) is 0 Å². The van der Waals surface area contributed by atoms with Crippen LogP contribution >= 0.6 is 0 Å². The molecule has 0 radical (unpaired) electrons. The molecule has 0 aliphatic carbocycles. The molecule has 6 heteroatoms. The lowest BCUT2D eigenvalue weighted by Gasteiger charge is -2.29. The Kier molecular flexibility index (Phi) is 4.98. The smallest absolute Gasteiger partial charge is 0.219 e. The highest BCUT2D eigenvalue weighted by Crippen LogP contribution is 2.30. The van der Waals surface area contributed by atoms with Crippen LogP contribution in [0, 0.1) is 0 Å². The number of pyridine rings is 1. The minimum Gasteiger partial charge on any atom is -0.378 e. The van der Waals surface area contributed by atoms with E-state index in [2.05, 4.69) is 58.2 Å². The molecule has 0 spiro atoms. The van der Waals surface area contributed by atoms with Crippen LogP contribution in [0.25, 0.3) is 11.3 Å². The van der Waals surface area contributed by atoms with E-state index >= 15 is 0 Å². The molecule has 2 N–H and O–H groups in total. The van der Waals surface area contributed by atoms with Gasteiger partial charge >= 0.3 is 0 Å². The normalized spacial score (nSPS) is 15.5. The average molecular weight is 361 g/mol. The fraction of sp³-hybridized carbons (Fsp3) is 0.286. The van der Waals surface area contributed by atoms with Gasteiger partial charge in [0.05, 0.1) is 18.9 Å². The van der Waals surface area contributed by atoms with Crippen LogP contribution in [0.4, 0.5) is 11.8 Å². The molecule has 0 saturated carbocycles. The summed E-state index contributed by atoms with van der Waals surface area (Å²) < 4.78 is 5.49. The predicted octanol–water partition coefficient (Wildman–Crippen LogP) is 3.11. The number of benzene rings is 1. The molecule has 1 atom stereocenters. The third-order valence-electron chi connectivity index (χ3n) is 4.94. The summed E-state index contributed by atoms with van der Waals surface area (Å²) >= 11 is 0. The Morgan fingerprint density at radius 1 is 1.00 bits per heavy atom. The van der Waals surface area contributed by atoms with E-state index in [1.54, 1.807) is 12.4 Å². The number of nitrogens with two attached hydrogens (primary N) is 1. The second-order valence-electron chi connectivity index (χ2n) is 6.71. The number of anilines is 2. The lowest BCUT2D eigenvalue weighted by Crippen LogP contribution is -2.36. The minimum absolute atomic E-state index is 0.252. The van der Waals surface area contributed by atoms with Crippen LogP contribution in [-0.2, 0) is 4.74 Å². The number of ether oxygens (including phenoxy) is 1. The molecular formula is C21H23N5O. The Labute approximate surface area is 159 Å². The summed E-state index contributed by atoms with van der Waals surface area (Å²) in [7, 11) is 0. The number of nitrogens with zero attached hydrogens (tertiary/aromatic N) is 4. The Bertz CT molecular complexity index is 892. The maximum atomic E-state index is 5.64. The molecule has 6 nitrogen and oxygen atoms in total. The Morgan fingerprint density at radius 2 is 1.70 bits per heavy atom. The molecule has 0 bridgehead atoms. The monoisotopic (exact) mass is 361 g/mol. The van der Waals surface area contributed by atoms with Gasteiger partial charge in [-0.15, -0.1) is 0 Å². The van der Waals surface area contributed by atoms with Crippen molar-refractivity contribution in [2.24, 2.45) is 0 Å². The van der Waals surface area contributed by atoms with Crippen molar-refractivity contribution in [3.05, 3.63) is 66.0 Å². The fourth-order valence-corrected chi connectivity index (χ4v) is 3.29. The van der Waals surface area contributed by atoms with E-state index in [1.165, 1.54) is 11.1 Å². The van der Waals surface area contributed by atoms with E-state index in [0.29, 0.717) is 0 Å². The summed E-state index contributed by atoms with van der Waals surface area (Å²) in [6.45, 7) is 5.35. The van der Waals surface area contributed by atoms with E-state index in [1.807, 2.05) is 6.07 Å². The van der Waals surface area contributed by atoms with Crippen molar-refractivity contribution in [3.63, 3.8) is 0 Å². The van der Waals surface area contributed by atoms with Crippen LogP contribution in [0.3, 0.4) is 0 Å². The molecule has 1 aromatic carbocycles. The summed E-state index contributed by atoms with van der Waals surface area (Å²) in [4.78, 5) is 15.4. The first kappa shape index (κ1) is 17.4. The van der Waals surface area contributed by atoms with Gasteiger partial charge in [-0.05, 0) is 23.3 Å². The first-order chi connectivity index (χ1) is 13.2. The summed E-state index contributed by atoms with van der Waals surface area (Å²) in [5, 5.41) is 0. The van der Waals surface area contributed by atoms with E-state index in [-0.39, 0.29) is 11.9 Å². The van der Waals surface area contributed by atoms with Crippen LogP contribution < -0.4 is 10.6 Å². The second kappa shape index (κ2) is 7.72. The van der Waals surface area contributed by atoms with Crippen molar-refractivity contribution in [1.29, 1.82) is 0 Å². The number of morpholine rings is 1. The quantitative estimate of drug-likeness (QED) is 0.769. The molecular weight excluding hydrogens is 338 g/mol. The molecule has 1 fully saturated rings. The highest BCUT2D eigenvalue weighted by atomic mass is 16.5. The van der Waals surface area contributed by atoms with Crippen molar-refractivity contribution in [2.75, 3.05) is 36.9 Å². The van der Waals surface area contributed by atoms with E-state index in [9.17, 15) is 0 Å². The van der Waals surface area contributed by atoms with Gasteiger partial charge in [0.25, 0.3) is 0 Å².